The highest BCUT2D eigenvalue weighted by atomic mass is 16.5. The number of nitrogens with zero attached hydrogens (tertiary/aromatic N) is 1. The second-order valence-corrected chi connectivity index (χ2v) is 6.66. The molecule has 0 saturated carbocycles. The third-order valence-electron chi connectivity index (χ3n) is 4.85. The predicted octanol–water partition coefficient (Wildman–Crippen LogP) is 4.64. The second-order valence-electron chi connectivity index (χ2n) is 6.66. The number of amides is 1. The molecule has 5 heteroatoms. The van der Waals surface area contributed by atoms with Gasteiger partial charge in [0.1, 0.15) is 7.05 Å². The van der Waals surface area contributed by atoms with E-state index in [-0.39, 0.29) is 0 Å². The van der Waals surface area contributed by atoms with Gasteiger partial charge in [-0.1, -0.05) is 24.3 Å². The molecule has 1 aromatic heterocycles. The van der Waals surface area contributed by atoms with Crippen LogP contribution in [0.25, 0.3) is 32.9 Å². The fourth-order valence-electron chi connectivity index (χ4n) is 3.64. The Labute approximate surface area is 163 Å². The summed E-state index contributed by atoms with van der Waals surface area (Å²) in [5.41, 5.74) is 10.7. The zero-order chi connectivity index (χ0) is 19.7. The first-order valence-electron chi connectivity index (χ1n) is 9.22. The molecule has 0 unspecified atom stereocenters. The van der Waals surface area contributed by atoms with E-state index in [1.807, 2.05) is 61.6 Å². The minimum Gasteiger partial charge on any atom is -0.450 e. The van der Waals surface area contributed by atoms with Crippen molar-refractivity contribution < 1.29 is 14.1 Å². The average molecular weight is 372 g/mol. The molecular formula is C23H22N3O2+. The summed E-state index contributed by atoms with van der Waals surface area (Å²) in [5, 5.41) is 6.05. The lowest BCUT2D eigenvalue weighted by Gasteiger charge is -2.12. The Morgan fingerprint density at radius 1 is 1.00 bits per heavy atom. The van der Waals surface area contributed by atoms with Gasteiger partial charge in [0.05, 0.1) is 17.4 Å². The van der Waals surface area contributed by atoms with E-state index in [0.717, 1.165) is 38.6 Å². The van der Waals surface area contributed by atoms with E-state index in [2.05, 4.69) is 22.0 Å². The molecule has 3 aromatic carbocycles. The number of pyridine rings is 1. The van der Waals surface area contributed by atoms with E-state index >= 15 is 0 Å². The van der Waals surface area contributed by atoms with Crippen molar-refractivity contribution >= 4 is 39.1 Å². The van der Waals surface area contributed by atoms with Crippen molar-refractivity contribution in [2.24, 2.45) is 7.05 Å². The largest absolute Gasteiger partial charge is 0.450 e. The maximum absolute atomic E-state index is 11.9. The van der Waals surface area contributed by atoms with Crippen LogP contribution >= 0.6 is 0 Å². The first kappa shape index (κ1) is 17.8. The van der Waals surface area contributed by atoms with Crippen LogP contribution < -0.4 is 15.6 Å². The van der Waals surface area contributed by atoms with E-state index < -0.39 is 6.09 Å². The number of hydrogen-bond donors (Lipinski definition) is 2. The van der Waals surface area contributed by atoms with Gasteiger partial charge in [-0.25, -0.2) is 4.79 Å². The number of rotatable bonds is 3. The van der Waals surface area contributed by atoms with Crippen LogP contribution in [-0.2, 0) is 11.8 Å². The summed E-state index contributed by atoms with van der Waals surface area (Å²) in [4.78, 5) is 11.9. The van der Waals surface area contributed by atoms with E-state index in [1.165, 1.54) is 0 Å². The summed E-state index contributed by atoms with van der Waals surface area (Å²) < 4.78 is 7.16. The molecule has 1 amide bonds. The van der Waals surface area contributed by atoms with E-state index in [9.17, 15) is 4.79 Å². The number of nitrogens with one attached hydrogen (secondary N) is 1. The van der Waals surface area contributed by atoms with Crippen molar-refractivity contribution in [2.45, 2.75) is 6.92 Å². The Bertz CT molecular complexity index is 1190. The number of hydrogen-bond acceptors (Lipinski definition) is 3. The summed E-state index contributed by atoms with van der Waals surface area (Å²) in [7, 11) is 2.04. The molecule has 5 nitrogen and oxygen atoms in total. The third-order valence-corrected chi connectivity index (χ3v) is 4.85. The van der Waals surface area contributed by atoms with Gasteiger partial charge < -0.3 is 10.5 Å². The molecule has 0 aliphatic heterocycles. The highest BCUT2D eigenvalue weighted by Crippen LogP contribution is 2.33. The summed E-state index contributed by atoms with van der Waals surface area (Å²) in [6.45, 7) is 2.11. The lowest BCUT2D eigenvalue weighted by Crippen LogP contribution is -2.32. The first-order chi connectivity index (χ1) is 13.6. The molecule has 0 radical (unpaired) electrons. The molecule has 0 saturated heterocycles. The van der Waals surface area contributed by atoms with Gasteiger partial charge in [0.15, 0.2) is 0 Å². The highest BCUT2D eigenvalue weighted by molar-refractivity contribution is 6.10. The molecule has 0 bridgehead atoms. The normalized spacial score (nSPS) is 10.9. The molecule has 0 fully saturated rings. The number of anilines is 2. The molecule has 3 N–H and O–H groups in total. The lowest BCUT2D eigenvalue weighted by atomic mass is 9.98. The molecule has 0 spiro atoms. The summed E-state index contributed by atoms with van der Waals surface area (Å²) in [5.74, 6) is 0. The number of benzene rings is 3. The topological polar surface area (TPSA) is 68.2 Å². The van der Waals surface area contributed by atoms with Gasteiger partial charge in [0.25, 0.3) is 0 Å². The van der Waals surface area contributed by atoms with Gasteiger partial charge >= 0.3 is 6.09 Å². The van der Waals surface area contributed by atoms with Crippen LogP contribution in [0.1, 0.15) is 6.92 Å². The van der Waals surface area contributed by atoms with Gasteiger partial charge in [0.2, 0.25) is 11.2 Å². The standard InChI is InChI=1S/C23H21N3O2/c1-3-28-23(27)25-17-10-12-18-19-11-9-16(24)13-21(19)26(2)22(20(18)14-17)15-7-5-4-6-8-15/h4-14,24H,3H2,1-2H3,(H,25,27)/p+1. The highest BCUT2D eigenvalue weighted by Gasteiger charge is 2.21. The van der Waals surface area contributed by atoms with Crippen LogP contribution in [0, 0.1) is 0 Å². The van der Waals surface area contributed by atoms with Crippen molar-refractivity contribution in [1.82, 2.24) is 0 Å². The van der Waals surface area contributed by atoms with Gasteiger partial charge in [-0.3, -0.25) is 5.32 Å². The Balaban J connectivity index is 2.03. The summed E-state index contributed by atoms with van der Waals surface area (Å²) >= 11 is 0. The minimum atomic E-state index is -0.457. The van der Waals surface area contributed by atoms with E-state index in [1.54, 1.807) is 6.92 Å². The first-order valence-corrected chi connectivity index (χ1v) is 9.22. The number of carbonyl (C=O) groups excluding carboxylic acids is 1. The maximum atomic E-state index is 11.9. The zero-order valence-electron chi connectivity index (χ0n) is 15.9. The maximum Gasteiger partial charge on any atom is 0.411 e. The van der Waals surface area contributed by atoms with Crippen LogP contribution in [0.15, 0.2) is 66.7 Å². The van der Waals surface area contributed by atoms with Crippen LogP contribution in [-0.4, -0.2) is 12.7 Å². The van der Waals surface area contributed by atoms with Gasteiger partial charge in [0, 0.05) is 28.4 Å². The molecular weight excluding hydrogens is 350 g/mol. The van der Waals surface area contributed by atoms with Crippen molar-refractivity contribution in [2.75, 3.05) is 17.7 Å². The van der Waals surface area contributed by atoms with Crippen molar-refractivity contribution in [3.63, 3.8) is 0 Å². The summed E-state index contributed by atoms with van der Waals surface area (Å²) in [6, 6.07) is 22.1. The molecule has 0 atom stereocenters. The molecule has 0 aliphatic rings. The molecule has 4 rings (SSSR count). The fourth-order valence-corrected chi connectivity index (χ4v) is 3.64. The van der Waals surface area contributed by atoms with E-state index in [4.69, 9.17) is 10.5 Å². The number of ether oxygens (including phenoxy) is 1. The monoisotopic (exact) mass is 372 g/mol. The summed E-state index contributed by atoms with van der Waals surface area (Å²) in [6.07, 6.45) is -0.457. The van der Waals surface area contributed by atoms with Gasteiger partial charge in [-0.05, 0) is 43.3 Å². The number of fused-ring (bicyclic) bond motifs is 3. The SMILES string of the molecule is CCOC(=O)Nc1ccc2c(c1)c(-c1ccccc1)[n+](C)c1cc(N)ccc21. The van der Waals surface area contributed by atoms with Crippen LogP contribution in [0.5, 0.6) is 0 Å². The Morgan fingerprint density at radius 3 is 2.50 bits per heavy atom. The number of nitrogens with two attached hydrogens (primary N) is 1. The number of nitrogen functional groups attached to an aromatic ring is 1. The molecule has 140 valence electrons. The van der Waals surface area contributed by atoms with E-state index in [0.29, 0.717) is 12.3 Å². The van der Waals surface area contributed by atoms with Crippen molar-refractivity contribution in [3.05, 3.63) is 66.7 Å². The van der Waals surface area contributed by atoms with Crippen LogP contribution in [0.3, 0.4) is 0 Å². The molecule has 0 aliphatic carbocycles. The quantitative estimate of drug-likeness (QED) is 0.313. The van der Waals surface area contributed by atoms with Gasteiger partial charge in [-0.2, -0.15) is 4.57 Å². The molecule has 4 aromatic rings. The second kappa shape index (κ2) is 7.19. The Kier molecular flexibility index (Phi) is 4.57. The lowest BCUT2D eigenvalue weighted by molar-refractivity contribution is -0.632. The minimum absolute atomic E-state index is 0.329. The third kappa shape index (κ3) is 3.11. The van der Waals surface area contributed by atoms with Crippen molar-refractivity contribution in [3.8, 4) is 11.3 Å². The Hall–Kier alpha value is -3.60. The smallest absolute Gasteiger partial charge is 0.411 e. The van der Waals surface area contributed by atoms with Crippen LogP contribution in [0.2, 0.25) is 0 Å². The number of aromatic nitrogens is 1. The number of aryl methyl sites for hydroxylation is 1. The van der Waals surface area contributed by atoms with Crippen molar-refractivity contribution in [1.29, 1.82) is 0 Å². The number of carbonyl (C=O) groups is 1. The van der Waals surface area contributed by atoms with Gasteiger partial charge in [-0.15, -0.1) is 0 Å². The fraction of sp³-hybridized carbons (Fsp3) is 0.130. The average Bonchev–Trinajstić information content (AvgIpc) is 2.69. The predicted molar refractivity (Wildman–Crippen MR) is 113 cm³/mol. The molecule has 1 heterocycles. The van der Waals surface area contributed by atoms with Crippen LogP contribution in [0.4, 0.5) is 16.2 Å². The Morgan fingerprint density at radius 2 is 1.75 bits per heavy atom. The molecule has 28 heavy (non-hydrogen) atoms. The zero-order valence-corrected chi connectivity index (χ0v) is 15.9.